The predicted octanol–water partition coefficient (Wildman–Crippen LogP) is 2.93. The SMILES string of the molecule is COCCOCCCCNC(C)c1ccc(OC)cc1F. The molecule has 0 saturated carbocycles. The van der Waals surface area contributed by atoms with Gasteiger partial charge in [-0.3, -0.25) is 0 Å². The zero-order valence-corrected chi connectivity index (χ0v) is 13.2. The molecule has 1 rings (SSSR count). The average molecular weight is 299 g/mol. The van der Waals surface area contributed by atoms with Crippen molar-refractivity contribution in [2.75, 3.05) is 40.6 Å². The first kappa shape index (κ1) is 17.9. The first-order valence-corrected chi connectivity index (χ1v) is 7.32. The molecule has 0 saturated heterocycles. The summed E-state index contributed by atoms with van der Waals surface area (Å²) >= 11 is 0. The smallest absolute Gasteiger partial charge is 0.131 e. The maximum absolute atomic E-state index is 13.9. The van der Waals surface area contributed by atoms with Crippen LogP contribution >= 0.6 is 0 Å². The topological polar surface area (TPSA) is 39.7 Å². The predicted molar refractivity (Wildman–Crippen MR) is 81.3 cm³/mol. The van der Waals surface area contributed by atoms with Gasteiger partial charge in [0.05, 0.1) is 20.3 Å². The highest BCUT2D eigenvalue weighted by atomic mass is 19.1. The molecule has 0 aliphatic rings. The van der Waals surface area contributed by atoms with Crippen molar-refractivity contribution < 1.29 is 18.6 Å². The van der Waals surface area contributed by atoms with Crippen molar-refractivity contribution in [3.8, 4) is 5.75 Å². The monoisotopic (exact) mass is 299 g/mol. The summed E-state index contributed by atoms with van der Waals surface area (Å²) < 4.78 is 29.2. The zero-order chi connectivity index (χ0) is 15.5. The van der Waals surface area contributed by atoms with Gasteiger partial charge in [-0.1, -0.05) is 6.07 Å². The molecule has 1 unspecified atom stereocenters. The molecular weight excluding hydrogens is 273 g/mol. The quantitative estimate of drug-likeness (QED) is 0.638. The van der Waals surface area contributed by atoms with Crippen molar-refractivity contribution in [2.45, 2.75) is 25.8 Å². The fourth-order valence-corrected chi connectivity index (χ4v) is 1.99. The van der Waals surface area contributed by atoms with Gasteiger partial charge in [0.25, 0.3) is 0 Å². The molecule has 0 aliphatic carbocycles. The fraction of sp³-hybridized carbons (Fsp3) is 0.625. The van der Waals surface area contributed by atoms with Gasteiger partial charge in [0, 0.05) is 31.4 Å². The van der Waals surface area contributed by atoms with Crippen molar-refractivity contribution in [2.24, 2.45) is 0 Å². The molecule has 0 heterocycles. The van der Waals surface area contributed by atoms with Crippen molar-refractivity contribution >= 4 is 0 Å². The molecule has 4 nitrogen and oxygen atoms in total. The van der Waals surface area contributed by atoms with Crippen LogP contribution in [0.4, 0.5) is 4.39 Å². The third-order valence-corrected chi connectivity index (χ3v) is 3.27. The molecular formula is C16H26FNO3. The Bertz CT molecular complexity index is 401. The van der Waals surface area contributed by atoms with Crippen LogP contribution in [-0.2, 0) is 9.47 Å². The summed E-state index contributed by atoms with van der Waals surface area (Å²) in [7, 11) is 3.19. The lowest BCUT2D eigenvalue weighted by Gasteiger charge is -2.15. The number of hydrogen-bond donors (Lipinski definition) is 1. The van der Waals surface area contributed by atoms with Crippen LogP contribution in [0.5, 0.6) is 5.75 Å². The highest BCUT2D eigenvalue weighted by Gasteiger charge is 2.10. The van der Waals surface area contributed by atoms with E-state index >= 15 is 0 Å². The van der Waals surface area contributed by atoms with Gasteiger partial charge in [-0.05, 0) is 32.4 Å². The maximum Gasteiger partial charge on any atom is 0.131 e. The largest absolute Gasteiger partial charge is 0.497 e. The van der Waals surface area contributed by atoms with Crippen LogP contribution in [0.2, 0.25) is 0 Å². The van der Waals surface area contributed by atoms with E-state index in [0.717, 1.165) is 26.0 Å². The van der Waals surface area contributed by atoms with E-state index in [4.69, 9.17) is 14.2 Å². The molecule has 0 amide bonds. The minimum absolute atomic E-state index is 0.0229. The number of halogens is 1. The molecule has 0 radical (unpaired) electrons. The minimum Gasteiger partial charge on any atom is -0.497 e. The van der Waals surface area contributed by atoms with E-state index in [2.05, 4.69) is 5.32 Å². The molecule has 1 aromatic rings. The number of unbranched alkanes of at least 4 members (excludes halogenated alkanes) is 1. The Balaban J connectivity index is 2.20. The first-order valence-electron chi connectivity index (χ1n) is 7.32. The Morgan fingerprint density at radius 2 is 1.95 bits per heavy atom. The lowest BCUT2D eigenvalue weighted by molar-refractivity contribution is 0.0687. The van der Waals surface area contributed by atoms with E-state index in [1.54, 1.807) is 19.2 Å². The van der Waals surface area contributed by atoms with Gasteiger partial charge in [0.1, 0.15) is 11.6 Å². The van der Waals surface area contributed by atoms with Gasteiger partial charge in [-0.15, -0.1) is 0 Å². The molecule has 0 bridgehead atoms. The van der Waals surface area contributed by atoms with E-state index in [-0.39, 0.29) is 11.9 Å². The summed E-state index contributed by atoms with van der Waals surface area (Å²) in [5.41, 5.74) is 0.659. The molecule has 1 N–H and O–H groups in total. The number of ether oxygens (including phenoxy) is 3. The van der Waals surface area contributed by atoms with Crippen molar-refractivity contribution in [3.63, 3.8) is 0 Å². The fourth-order valence-electron chi connectivity index (χ4n) is 1.99. The first-order chi connectivity index (χ1) is 10.2. The second-order valence-corrected chi connectivity index (χ2v) is 4.88. The van der Waals surface area contributed by atoms with E-state index in [1.807, 2.05) is 6.92 Å². The molecule has 120 valence electrons. The normalized spacial score (nSPS) is 12.4. The van der Waals surface area contributed by atoms with E-state index in [9.17, 15) is 4.39 Å². The van der Waals surface area contributed by atoms with Crippen LogP contribution in [0, 0.1) is 5.82 Å². The second kappa shape index (κ2) is 10.5. The van der Waals surface area contributed by atoms with E-state index in [0.29, 0.717) is 24.5 Å². The molecule has 1 aromatic carbocycles. The van der Waals surface area contributed by atoms with Gasteiger partial charge >= 0.3 is 0 Å². The summed E-state index contributed by atoms with van der Waals surface area (Å²) in [6.07, 6.45) is 1.98. The molecule has 0 aromatic heterocycles. The summed E-state index contributed by atoms with van der Waals surface area (Å²) in [6.45, 7) is 4.79. The average Bonchev–Trinajstić information content (AvgIpc) is 2.49. The van der Waals surface area contributed by atoms with Crippen molar-refractivity contribution in [1.82, 2.24) is 5.32 Å². The van der Waals surface area contributed by atoms with Crippen LogP contribution in [0.3, 0.4) is 0 Å². The number of hydrogen-bond acceptors (Lipinski definition) is 4. The highest BCUT2D eigenvalue weighted by Crippen LogP contribution is 2.21. The maximum atomic E-state index is 13.9. The van der Waals surface area contributed by atoms with Crippen LogP contribution in [0.15, 0.2) is 18.2 Å². The van der Waals surface area contributed by atoms with Gasteiger partial charge in [0.2, 0.25) is 0 Å². The van der Waals surface area contributed by atoms with E-state index < -0.39 is 0 Å². The van der Waals surface area contributed by atoms with Crippen LogP contribution in [0.25, 0.3) is 0 Å². The van der Waals surface area contributed by atoms with Crippen LogP contribution in [-0.4, -0.2) is 40.6 Å². The number of rotatable bonds is 11. The molecule has 0 aliphatic heterocycles. The highest BCUT2D eigenvalue weighted by molar-refractivity contribution is 5.30. The minimum atomic E-state index is -0.239. The van der Waals surface area contributed by atoms with Crippen molar-refractivity contribution in [1.29, 1.82) is 0 Å². The van der Waals surface area contributed by atoms with E-state index in [1.165, 1.54) is 13.2 Å². The second-order valence-electron chi connectivity index (χ2n) is 4.88. The standard InChI is InChI=1S/C16H26FNO3/c1-13(15-7-6-14(20-3)12-16(15)17)18-8-4-5-9-21-11-10-19-2/h6-7,12-13,18H,4-5,8-11H2,1-3H3. The molecule has 0 fully saturated rings. The van der Waals surface area contributed by atoms with Gasteiger partial charge in [-0.2, -0.15) is 0 Å². The van der Waals surface area contributed by atoms with Crippen LogP contribution in [0.1, 0.15) is 31.4 Å². The molecule has 1 atom stereocenters. The zero-order valence-electron chi connectivity index (χ0n) is 13.2. The third-order valence-electron chi connectivity index (χ3n) is 3.27. The Hall–Kier alpha value is -1.17. The summed E-state index contributed by atoms with van der Waals surface area (Å²) in [5.74, 6) is 0.300. The molecule has 0 spiro atoms. The number of nitrogens with one attached hydrogen (secondary N) is 1. The molecule has 5 heteroatoms. The Morgan fingerprint density at radius 3 is 2.62 bits per heavy atom. The van der Waals surface area contributed by atoms with Gasteiger partial charge in [-0.25, -0.2) is 4.39 Å². The Morgan fingerprint density at radius 1 is 1.14 bits per heavy atom. The lowest BCUT2D eigenvalue weighted by Crippen LogP contribution is -2.21. The lowest BCUT2D eigenvalue weighted by atomic mass is 10.1. The summed E-state index contributed by atoms with van der Waals surface area (Å²) in [5, 5.41) is 3.32. The number of methoxy groups -OCH3 is 2. The van der Waals surface area contributed by atoms with Gasteiger partial charge in [0.15, 0.2) is 0 Å². The van der Waals surface area contributed by atoms with Crippen molar-refractivity contribution in [3.05, 3.63) is 29.6 Å². The summed E-state index contributed by atoms with van der Waals surface area (Å²) in [6, 6.07) is 4.93. The summed E-state index contributed by atoms with van der Waals surface area (Å²) in [4.78, 5) is 0. The van der Waals surface area contributed by atoms with Crippen LogP contribution < -0.4 is 10.1 Å². The molecule has 21 heavy (non-hydrogen) atoms. The van der Waals surface area contributed by atoms with Gasteiger partial charge < -0.3 is 19.5 Å². The third kappa shape index (κ3) is 6.89. The Labute approximate surface area is 126 Å². The Kier molecular flexibility index (Phi) is 8.98. The number of benzene rings is 1.